The second-order valence-corrected chi connectivity index (χ2v) is 9.49. The summed E-state index contributed by atoms with van der Waals surface area (Å²) in [5.41, 5.74) is 8.31. The second-order valence-electron chi connectivity index (χ2n) is 9.49. The van der Waals surface area contributed by atoms with Crippen LogP contribution in [-0.4, -0.2) is 69.5 Å². The van der Waals surface area contributed by atoms with Crippen molar-refractivity contribution < 1.29 is 18.8 Å². The fraction of sp³-hybridized carbons (Fsp3) is 0.200. The number of aryl methyl sites for hydroxylation is 1. The number of Topliss-reactive ketones (excluding diaryl/α,β-unsaturated/α-hetero) is 1. The molecule has 0 spiro atoms. The van der Waals surface area contributed by atoms with Crippen molar-refractivity contribution >= 4 is 23.4 Å². The van der Waals surface area contributed by atoms with Crippen molar-refractivity contribution in [3.05, 3.63) is 119 Å². The van der Waals surface area contributed by atoms with Crippen molar-refractivity contribution in [3.63, 3.8) is 0 Å². The number of carbonyl (C=O) groups excluding carboxylic acids is 3. The summed E-state index contributed by atoms with van der Waals surface area (Å²) in [6.45, 7) is 2.91. The zero-order valence-corrected chi connectivity index (χ0v) is 22.7. The van der Waals surface area contributed by atoms with Gasteiger partial charge in [-0.25, -0.2) is 15.4 Å². The van der Waals surface area contributed by atoms with E-state index >= 15 is 0 Å². The number of carbonyl (C=O) groups is 3. The van der Waals surface area contributed by atoms with Gasteiger partial charge in [-0.2, -0.15) is 0 Å². The first-order chi connectivity index (χ1) is 19.7. The fourth-order valence-corrected chi connectivity index (χ4v) is 4.34. The van der Waals surface area contributed by atoms with Crippen LogP contribution in [0.5, 0.6) is 0 Å². The lowest BCUT2D eigenvalue weighted by Gasteiger charge is -2.34. The van der Waals surface area contributed by atoms with E-state index in [1.807, 2.05) is 36.4 Å². The predicted molar refractivity (Wildman–Crippen MR) is 153 cm³/mol. The number of aromatic nitrogens is 1. The zero-order chi connectivity index (χ0) is 29.4. The quantitative estimate of drug-likeness (QED) is 0.102. The largest absolute Gasteiger partial charge is 0.382 e. The Bertz CT molecular complexity index is 1480. The summed E-state index contributed by atoms with van der Waals surface area (Å²) in [7, 11) is 0. The molecule has 5 N–H and O–H groups in total. The summed E-state index contributed by atoms with van der Waals surface area (Å²) < 4.78 is 14.8. The predicted octanol–water partition coefficient (Wildman–Crippen LogP) is 2.75. The van der Waals surface area contributed by atoms with E-state index in [4.69, 9.17) is 11.6 Å². The molecule has 1 aromatic heterocycles. The highest BCUT2D eigenvalue weighted by atomic mass is 19.1. The average Bonchev–Trinajstić information content (AvgIpc) is 3.06. The summed E-state index contributed by atoms with van der Waals surface area (Å²) in [4.78, 5) is 44.7. The Kier molecular flexibility index (Phi) is 9.43. The molecule has 212 valence electrons. The lowest BCUT2D eigenvalue weighted by Crippen LogP contribution is -2.52. The van der Waals surface area contributed by atoms with Crippen LogP contribution in [-0.2, 0) is 11.3 Å². The zero-order valence-electron chi connectivity index (χ0n) is 22.7. The van der Waals surface area contributed by atoms with Gasteiger partial charge >= 0.3 is 0 Å². The Morgan fingerprint density at radius 2 is 1.51 bits per heavy atom. The van der Waals surface area contributed by atoms with Crippen molar-refractivity contribution in [1.82, 2.24) is 19.9 Å². The summed E-state index contributed by atoms with van der Waals surface area (Å²) in [6, 6.07) is 21.8. The van der Waals surface area contributed by atoms with Gasteiger partial charge in [-0.05, 0) is 42.8 Å². The van der Waals surface area contributed by atoms with Crippen LogP contribution < -0.4 is 11.6 Å². The van der Waals surface area contributed by atoms with Crippen LogP contribution in [0.3, 0.4) is 0 Å². The van der Waals surface area contributed by atoms with Gasteiger partial charge in [0.15, 0.2) is 5.84 Å². The topological polar surface area (TPSA) is 141 Å². The van der Waals surface area contributed by atoms with E-state index in [0.717, 1.165) is 17.7 Å². The van der Waals surface area contributed by atoms with Crippen LogP contribution in [0, 0.1) is 12.7 Å². The summed E-state index contributed by atoms with van der Waals surface area (Å²) >= 11 is 0. The second kappa shape index (κ2) is 13.4. The molecule has 0 unspecified atom stereocenters. The first kappa shape index (κ1) is 29.0. The molecule has 1 fully saturated rings. The summed E-state index contributed by atoms with van der Waals surface area (Å²) in [6.07, 6.45) is 1.26. The number of nitrogens with one attached hydrogen (secondary N) is 1. The first-order valence-electron chi connectivity index (χ1n) is 13.0. The molecule has 1 aliphatic rings. The smallest absolute Gasteiger partial charge is 0.295 e. The number of aromatic amines is 1. The van der Waals surface area contributed by atoms with Crippen molar-refractivity contribution in [2.75, 3.05) is 26.2 Å². The highest BCUT2D eigenvalue weighted by Gasteiger charge is 2.29. The highest BCUT2D eigenvalue weighted by Crippen LogP contribution is 2.12. The lowest BCUT2D eigenvalue weighted by molar-refractivity contribution is -0.127. The van der Waals surface area contributed by atoms with Gasteiger partial charge in [-0.1, -0.05) is 48.5 Å². The number of halogens is 1. The molecule has 3 aromatic rings. The van der Waals surface area contributed by atoms with Gasteiger partial charge in [0.25, 0.3) is 17.6 Å². The molecule has 2 amide bonds. The van der Waals surface area contributed by atoms with Gasteiger partial charge < -0.3 is 20.5 Å². The number of hydrogen-bond acceptors (Lipinski definition) is 6. The van der Waals surface area contributed by atoms with Crippen molar-refractivity contribution in [2.45, 2.75) is 13.5 Å². The maximum absolute atomic E-state index is 14.8. The number of hydrogen-bond donors (Lipinski definition) is 3. The van der Waals surface area contributed by atoms with E-state index in [1.54, 1.807) is 36.1 Å². The minimum Gasteiger partial charge on any atom is -0.382 e. The molecule has 1 aliphatic heterocycles. The van der Waals surface area contributed by atoms with Crippen molar-refractivity contribution in [3.8, 4) is 0 Å². The maximum atomic E-state index is 14.8. The summed E-state index contributed by atoms with van der Waals surface area (Å²) in [5.74, 6) is 3.48. The van der Waals surface area contributed by atoms with Gasteiger partial charge in [0, 0.05) is 54.8 Å². The number of amides is 2. The lowest BCUT2D eigenvalue weighted by atomic mass is 10.1. The van der Waals surface area contributed by atoms with Crippen LogP contribution in [0.4, 0.5) is 4.39 Å². The molecule has 10 nitrogen and oxygen atoms in total. The Morgan fingerprint density at radius 3 is 2.17 bits per heavy atom. The molecule has 41 heavy (non-hydrogen) atoms. The van der Waals surface area contributed by atoms with Crippen molar-refractivity contribution in [2.24, 2.45) is 16.7 Å². The Labute approximate surface area is 237 Å². The molecule has 0 atom stereocenters. The SMILES string of the molecule is Cc1[nH]cc(C(=O)C(=O)N2CCN(C(=O)c3ccccc3)CC2)cc(F)ccc1/C(N)=N/N(N)Cc1ccccc1. The van der Waals surface area contributed by atoms with Gasteiger partial charge in [-0.3, -0.25) is 14.4 Å². The normalized spacial score (nSPS) is 13.4. The molecule has 2 aromatic carbocycles. The molecule has 0 bridgehead atoms. The number of benzene rings is 2. The molecule has 0 saturated carbocycles. The first-order valence-corrected chi connectivity index (χ1v) is 13.0. The van der Waals surface area contributed by atoms with E-state index in [9.17, 15) is 18.8 Å². The van der Waals surface area contributed by atoms with Crippen LogP contribution in [0.2, 0.25) is 0 Å². The van der Waals surface area contributed by atoms with Crippen LogP contribution in [0.25, 0.3) is 0 Å². The molecular weight excluding hydrogens is 525 g/mol. The third-order valence-corrected chi connectivity index (χ3v) is 6.58. The molecule has 11 heteroatoms. The van der Waals surface area contributed by atoms with Gasteiger partial charge in [0.05, 0.1) is 6.54 Å². The number of hydrazine groups is 1. The molecule has 4 rings (SSSR count). The van der Waals surface area contributed by atoms with Crippen LogP contribution in [0.1, 0.15) is 37.5 Å². The minimum absolute atomic E-state index is 0.0275. The molecular formula is C30H32FN7O3. The molecule has 0 aliphatic carbocycles. The Morgan fingerprint density at radius 1 is 0.902 bits per heavy atom. The number of piperazine rings is 1. The third-order valence-electron chi connectivity index (χ3n) is 6.58. The number of nitrogens with zero attached hydrogens (tertiary/aromatic N) is 4. The van der Waals surface area contributed by atoms with E-state index < -0.39 is 17.5 Å². The standard InChI is InChI=1S/C30H32FN7O3/c1-21-26(28(32)35-38(33)20-22-8-4-2-5-9-22)13-12-25(31)18-24(19-34-21)27(39)30(41)37-16-14-36(15-17-37)29(40)23-10-6-3-7-11-23/h2-13,18-19,34H,14-17,20,33H2,1H3,(H2,32,35). The average molecular weight is 558 g/mol. The third kappa shape index (κ3) is 7.55. The Hall–Kier alpha value is -5.03. The van der Waals surface area contributed by atoms with Gasteiger partial charge in [-0.15, -0.1) is 5.10 Å². The number of hydrazone groups is 1. The monoisotopic (exact) mass is 557 g/mol. The number of nitrogens with two attached hydrogens (primary N) is 2. The van der Waals surface area contributed by atoms with Gasteiger partial charge in [0.1, 0.15) is 5.82 Å². The number of H-pyrrole nitrogens is 1. The number of amidine groups is 1. The Balaban J connectivity index is 1.47. The highest BCUT2D eigenvalue weighted by molar-refractivity contribution is 6.42. The van der Waals surface area contributed by atoms with E-state index in [0.29, 0.717) is 23.4 Å². The van der Waals surface area contributed by atoms with E-state index in [2.05, 4.69) is 10.1 Å². The maximum Gasteiger partial charge on any atom is 0.295 e. The number of ketones is 1. The van der Waals surface area contributed by atoms with Gasteiger partial charge in [0.2, 0.25) is 0 Å². The minimum atomic E-state index is -0.877. The van der Waals surface area contributed by atoms with Crippen LogP contribution in [0.15, 0.2) is 90.2 Å². The number of rotatable bonds is 7. The van der Waals surface area contributed by atoms with E-state index in [1.165, 1.54) is 22.3 Å². The summed E-state index contributed by atoms with van der Waals surface area (Å²) in [5, 5.41) is 5.37. The molecule has 2 heterocycles. The fourth-order valence-electron chi connectivity index (χ4n) is 4.34. The van der Waals surface area contributed by atoms with E-state index in [-0.39, 0.29) is 43.5 Å². The van der Waals surface area contributed by atoms with Crippen molar-refractivity contribution in [1.29, 1.82) is 0 Å². The van der Waals surface area contributed by atoms with Crippen LogP contribution >= 0.6 is 0 Å². The molecule has 1 saturated heterocycles. The molecule has 0 radical (unpaired) electrons.